The Balaban J connectivity index is 2.26. The molecule has 0 saturated carbocycles. The SMILES string of the molecule is CC(C)(C)C1=CCN(c2ccc(C#N)c(F)c2F)CC1. The molecule has 1 heterocycles. The molecule has 1 aliphatic rings. The highest BCUT2D eigenvalue weighted by Crippen LogP contribution is 2.32. The Bertz CT molecular complexity index is 592. The number of hydrogen-bond donors (Lipinski definition) is 0. The van der Waals surface area contributed by atoms with Crippen molar-refractivity contribution in [2.75, 3.05) is 18.0 Å². The van der Waals surface area contributed by atoms with Gasteiger partial charge in [0.1, 0.15) is 6.07 Å². The molecule has 0 bridgehead atoms. The molecule has 2 nitrogen and oxygen atoms in total. The van der Waals surface area contributed by atoms with Crippen molar-refractivity contribution in [1.82, 2.24) is 0 Å². The van der Waals surface area contributed by atoms with Crippen molar-refractivity contribution in [2.24, 2.45) is 5.41 Å². The molecular weight excluding hydrogens is 258 g/mol. The summed E-state index contributed by atoms with van der Waals surface area (Å²) >= 11 is 0. The van der Waals surface area contributed by atoms with Crippen molar-refractivity contribution >= 4 is 5.69 Å². The number of nitriles is 1. The standard InChI is InChI=1S/C16H18F2N2/c1-16(2,3)12-6-8-20(9-7-12)13-5-4-11(10-19)14(17)15(13)18/h4-6H,7-9H2,1-3H3. The van der Waals surface area contributed by atoms with Crippen LogP contribution in [0.1, 0.15) is 32.8 Å². The van der Waals surface area contributed by atoms with E-state index < -0.39 is 11.6 Å². The molecule has 1 aromatic carbocycles. The molecule has 0 atom stereocenters. The number of benzene rings is 1. The van der Waals surface area contributed by atoms with Gasteiger partial charge in [0.05, 0.1) is 11.3 Å². The van der Waals surface area contributed by atoms with Crippen LogP contribution in [-0.4, -0.2) is 13.1 Å². The van der Waals surface area contributed by atoms with Crippen molar-refractivity contribution in [3.8, 4) is 6.07 Å². The maximum atomic E-state index is 14.0. The van der Waals surface area contributed by atoms with Gasteiger partial charge in [-0.05, 0) is 24.0 Å². The van der Waals surface area contributed by atoms with E-state index in [-0.39, 0.29) is 16.7 Å². The molecule has 0 aliphatic carbocycles. The second-order valence-electron chi connectivity index (χ2n) is 6.05. The van der Waals surface area contributed by atoms with E-state index in [2.05, 4.69) is 26.8 Å². The maximum absolute atomic E-state index is 14.0. The lowest BCUT2D eigenvalue weighted by Crippen LogP contribution is -2.32. The fraction of sp³-hybridized carbons (Fsp3) is 0.438. The molecule has 106 valence electrons. The van der Waals surface area contributed by atoms with Gasteiger partial charge in [0.25, 0.3) is 0 Å². The Hall–Kier alpha value is -1.89. The Morgan fingerprint density at radius 3 is 2.40 bits per heavy atom. The summed E-state index contributed by atoms with van der Waals surface area (Å²) in [7, 11) is 0. The molecule has 0 saturated heterocycles. The van der Waals surface area contributed by atoms with E-state index in [0.717, 1.165) is 6.42 Å². The fourth-order valence-electron chi connectivity index (χ4n) is 2.44. The number of rotatable bonds is 1. The van der Waals surface area contributed by atoms with Crippen molar-refractivity contribution in [3.63, 3.8) is 0 Å². The molecule has 4 heteroatoms. The first kappa shape index (κ1) is 14.5. The second-order valence-corrected chi connectivity index (χ2v) is 6.05. The summed E-state index contributed by atoms with van der Waals surface area (Å²) in [5, 5.41) is 8.69. The van der Waals surface area contributed by atoms with Crippen LogP contribution in [0.3, 0.4) is 0 Å². The van der Waals surface area contributed by atoms with Gasteiger partial charge in [0.2, 0.25) is 0 Å². The summed E-state index contributed by atoms with van der Waals surface area (Å²) < 4.78 is 27.6. The van der Waals surface area contributed by atoms with E-state index in [0.29, 0.717) is 13.1 Å². The first-order chi connectivity index (χ1) is 9.34. The van der Waals surface area contributed by atoms with E-state index in [4.69, 9.17) is 5.26 Å². The molecule has 1 aromatic rings. The maximum Gasteiger partial charge on any atom is 0.183 e. The van der Waals surface area contributed by atoms with Crippen LogP contribution in [0.2, 0.25) is 0 Å². The second kappa shape index (κ2) is 5.24. The molecule has 1 aliphatic heterocycles. The molecule has 0 N–H and O–H groups in total. The van der Waals surface area contributed by atoms with Crippen molar-refractivity contribution < 1.29 is 8.78 Å². The summed E-state index contributed by atoms with van der Waals surface area (Å²) in [6, 6.07) is 4.46. The number of hydrogen-bond acceptors (Lipinski definition) is 2. The van der Waals surface area contributed by atoms with Crippen LogP contribution in [-0.2, 0) is 0 Å². The van der Waals surface area contributed by atoms with Gasteiger partial charge in [0.15, 0.2) is 11.6 Å². The Labute approximate surface area is 118 Å². The first-order valence-electron chi connectivity index (χ1n) is 6.67. The molecule has 0 radical (unpaired) electrons. The number of halogens is 2. The van der Waals surface area contributed by atoms with Gasteiger partial charge in [0, 0.05) is 13.1 Å². The van der Waals surface area contributed by atoms with Gasteiger partial charge < -0.3 is 4.90 Å². The van der Waals surface area contributed by atoms with Crippen LogP contribution in [0.15, 0.2) is 23.8 Å². The smallest absolute Gasteiger partial charge is 0.183 e. The van der Waals surface area contributed by atoms with Crippen LogP contribution in [0.25, 0.3) is 0 Å². The molecule has 0 spiro atoms. The third kappa shape index (κ3) is 2.67. The third-order valence-corrected chi connectivity index (χ3v) is 3.70. The fourth-order valence-corrected chi connectivity index (χ4v) is 2.44. The lowest BCUT2D eigenvalue weighted by molar-refractivity contribution is 0.469. The molecule has 0 amide bonds. The molecule has 0 unspecified atom stereocenters. The van der Waals surface area contributed by atoms with Gasteiger partial charge in [-0.2, -0.15) is 5.26 Å². The lowest BCUT2D eigenvalue weighted by atomic mass is 9.83. The zero-order chi connectivity index (χ0) is 14.9. The zero-order valence-corrected chi connectivity index (χ0v) is 12.0. The van der Waals surface area contributed by atoms with Gasteiger partial charge in [-0.3, -0.25) is 0 Å². The van der Waals surface area contributed by atoms with E-state index >= 15 is 0 Å². The van der Waals surface area contributed by atoms with E-state index in [1.54, 1.807) is 11.0 Å². The predicted molar refractivity (Wildman–Crippen MR) is 75.4 cm³/mol. The average molecular weight is 276 g/mol. The topological polar surface area (TPSA) is 27.0 Å². The van der Waals surface area contributed by atoms with Crippen LogP contribution in [0.5, 0.6) is 0 Å². The van der Waals surface area contributed by atoms with Crippen molar-refractivity contribution in [2.45, 2.75) is 27.2 Å². The highest BCUT2D eigenvalue weighted by Gasteiger charge is 2.24. The molecule has 0 aromatic heterocycles. The average Bonchev–Trinajstić information content (AvgIpc) is 2.41. The van der Waals surface area contributed by atoms with E-state index in [1.165, 1.54) is 17.7 Å². The monoisotopic (exact) mass is 276 g/mol. The summed E-state index contributed by atoms with van der Waals surface area (Å²) in [5.74, 6) is -1.99. The number of nitrogens with zero attached hydrogens (tertiary/aromatic N) is 2. The molecule has 20 heavy (non-hydrogen) atoms. The van der Waals surface area contributed by atoms with Gasteiger partial charge >= 0.3 is 0 Å². The largest absolute Gasteiger partial charge is 0.365 e. The number of anilines is 1. The van der Waals surface area contributed by atoms with E-state index in [9.17, 15) is 8.78 Å². The predicted octanol–water partition coefficient (Wildman–Crippen LogP) is 4.02. The minimum absolute atomic E-state index is 0.112. The first-order valence-corrected chi connectivity index (χ1v) is 6.67. The Morgan fingerprint density at radius 1 is 1.20 bits per heavy atom. The molecular formula is C16H18F2N2. The Kier molecular flexibility index (Phi) is 3.80. The quantitative estimate of drug-likeness (QED) is 0.724. The highest BCUT2D eigenvalue weighted by atomic mass is 19.2. The minimum atomic E-state index is -1.06. The summed E-state index contributed by atoms with van der Waals surface area (Å²) in [4.78, 5) is 1.80. The van der Waals surface area contributed by atoms with Crippen molar-refractivity contribution in [1.29, 1.82) is 5.26 Å². The van der Waals surface area contributed by atoms with Crippen LogP contribution < -0.4 is 4.90 Å². The van der Waals surface area contributed by atoms with Gasteiger partial charge in [-0.15, -0.1) is 0 Å². The normalized spacial score (nSPS) is 15.8. The third-order valence-electron chi connectivity index (χ3n) is 3.70. The minimum Gasteiger partial charge on any atom is -0.365 e. The van der Waals surface area contributed by atoms with Crippen LogP contribution >= 0.6 is 0 Å². The van der Waals surface area contributed by atoms with Gasteiger partial charge in [-0.25, -0.2) is 8.78 Å². The van der Waals surface area contributed by atoms with Crippen molar-refractivity contribution in [3.05, 3.63) is 41.0 Å². The summed E-state index contributed by atoms with van der Waals surface area (Å²) in [6.45, 7) is 7.67. The highest BCUT2D eigenvalue weighted by molar-refractivity contribution is 5.53. The molecule has 2 rings (SSSR count). The van der Waals surface area contributed by atoms with Gasteiger partial charge in [-0.1, -0.05) is 32.4 Å². The summed E-state index contributed by atoms with van der Waals surface area (Å²) in [6.07, 6.45) is 2.92. The lowest BCUT2D eigenvalue weighted by Gasteiger charge is -2.33. The Morgan fingerprint density at radius 2 is 1.90 bits per heavy atom. The summed E-state index contributed by atoms with van der Waals surface area (Å²) in [5.41, 5.74) is 1.42. The zero-order valence-electron chi connectivity index (χ0n) is 12.0. The molecule has 0 fully saturated rings. The van der Waals surface area contributed by atoms with Crippen LogP contribution in [0, 0.1) is 28.4 Å². The van der Waals surface area contributed by atoms with Crippen LogP contribution in [0.4, 0.5) is 14.5 Å². The van der Waals surface area contributed by atoms with E-state index in [1.807, 2.05) is 0 Å².